The topological polar surface area (TPSA) is 12.4 Å². The number of quaternary nitrogens is 1. The number of hydrogen-bond acceptors (Lipinski definition) is 1. The Morgan fingerprint density at radius 2 is 2.38 bits per heavy atom. The fourth-order valence-electron chi connectivity index (χ4n) is 0.594. The van der Waals surface area contributed by atoms with Crippen molar-refractivity contribution in [2.24, 2.45) is 4.99 Å². The minimum Gasteiger partial charge on any atom is -0.269 e. The highest BCUT2D eigenvalue weighted by Gasteiger charge is 2.12. The van der Waals surface area contributed by atoms with Crippen molar-refractivity contribution in [1.29, 1.82) is 0 Å². The largest absolute Gasteiger partial charge is 0.310 e. The van der Waals surface area contributed by atoms with Crippen LogP contribution in [-0.4, -0.2) is 31.5 Å². The van der Waals surface area contributed by atoms with Gasteiger partial charge in [0.2, 0.25) is 0 Å². The second-order valence-corrected chi connectivity index (χ2v) is 2.48. The van der Waals surface area contributed by atoms with Crippen LogP contribution in [0, 0.1) is 0 Å². The molecular weight excluding hydrogens is 100 g/mol. The maximum absolute atomic E-state index is 3.87. The summed E-state index contributed by atoms with van der Waals surface area (Å²) in [6.07, 6.45) is 6.75. The van der Waals surface area contributed by atoms with Gasteiger partial charge in [-0.25, -0.2) is 0 Å². The first-order valence-electron chi connectivity index (χ1n) is 2.66. The van der Waals surface area contributed by atoms with Gasteiger partial charge in [-0.05, 0) is 6.08 Å². The molecule has 1 rings (SSSR count). The molecular formula is C6H10N2+. The Morgan fingerprint density at radius 3 is 2.62 bits per heavy atom. The molecule has 0 N–H and O–H groups in total. The van der Waals surface area contributed by atoms with Gasteiger partial charge in [-0.15, -0.1) is 0 Å². The third-order valence-electron chi connectivity index (χ3n) is 1.07. The summed E-state index contributed by atoms with van der Waals surface area (Å²) >= 11 is 0. The molecule has 0 unspecified atom stereocenters. The molecule has 0 aromatic rings. The summed E-state index contributed by atoms with van der Waals surface area (Å²) < 4.78 is 0.747. The zero-order valence-electron chi connectivity index (χ0n) is 5.26. The number of nitrogens with zero attached hydrogens (tertiary/aromatic N) is 2. The van der Waals surface area contributed by atoms with Crippen LogP contribution in [0.2, 0.25) is 0 Å². The summed E-state index contributed by atoms with van der Waals surface area (Å²) in [5.74, 6) is 0. The summed E-state index contributed by atoms with van der Waals surface area (Å²) in [7, 11) is 4.12. The van der Waals surface area contributed by atoms with E-state index in [0.717, 1.165) is 11.0 Å². The van der Waals surface area contributed by atoms with Crippen LogP contribution in [-0.2, 0) is 0 Å². The van der Waals surface area contributed by atoms with Crippen molar-refractivity contribution in [2.75, 3.05) is 20.6 Å². The van der Waals surface area contributed by atoms with Gasteiger partial charge >= 0.3 is 6.34 Å². The van der Waals surface area contributed by atoms with Gasteiger partial charge in [0.1, 0.15) is 6.54 Å². The first kappa shape index (κ1) is 5.51. The molecule has 2 heteroatoms. The molecule has 1 aliphatic rings. The quantitative estimate of drug-likeness (QED) is 0.402. The van der Waals surface area contributed by atoms with E-state index < -0.39 is 0 Å². The van der Waals surface area contributed by atoms with Gasteiger partial charge in [0.25, 0.3) is 0 Å². The maximum Gasteiger partial charge on any atom is 0.310 e. The molecule has 0 spiro atoms. The molecule has 43 valence electrons. The molecule has 0 aliphatic carbocycles. The van der Waals surface area contributed by atoms with Crippen molar-refractivity contribution in [3.05, 3.63) is 12.3 Å². The van der Waals surface area contributed by atoms with E-state index in [1.807, 2.05) is 6.08 Å². The van der Waals surface area contributed by atoms with Crippen molar-refractivity contribution < 1.29 is 4.48 Å². The van der Waals surface area contributed by atoms with E-state index in [9.17, 15) is 0 Å². The Balaban J connectivity index is 2.65. The molecule has 0 aromatic carbocycles. The van der Waals surface area contributed by atoms with Gasteiger partial charge in [-0.2, -0.15) is 4.99 Å². The number of likely N-dealkylation sites (N-methyl/N-ethyl adjacent to an activating group) is 1. The summed E-state index contributed by atoms with van der Waals surface area (Å²) in [6.45, 7) is 1.00. The Morgan fingerprint density at radius 1 is 1.62 bits per heavy atom. The molecule has 1 aliphatic heterocycles. The molecule has 0 saturated carbocycles. The smallest absolute Gasteiger partial charge is 0.269 e. The van der Waals surface area contributed by atoms with Crippen molar-refractivity contribution in [3.8, 4) is 0 Å². The van der Waals surface area contributed by atoms with Gasteiger partial charge < -0.3 is 0 Å². The fourth-order valence-corrected chi connectivity index (χ4v) is 0.594. The summed E-state index contributed by atoms with van der Waals surface area (Å²) in [5, 5.41) is 0. The fraction of sp³-hybridized carbons (Fsp3) is 0.500. The minimum atomic E-state index is 0.747. The molecule has 1 heterocycles. The van der Waals surface area contributed by atoms with Crippen molar-refractivity contribution >= 4 is 6.34 Å². The summed E-state index contributed by atoms with van der Waals surface area (Å²) in [6, 6.07) is 0. The van der Waals surface area contributed by atoms with E-state index in [1.165, 1.54) is 0 Å². The van der Waals surface area contributed by atoms with Gasteiger partial charge in [0.15, 0.2) is 0 Å². The van der Waals surface area contributed by atoms with Gasteiger partial charge in [0, 0.05) is 6.20 Å². The lowest BCUT2D eigenvalue weighted by molar-refractivity contribution is -0.786. The molecule has 0 fully saturated rings. The summed E-state index contributed by atoms with van der Waals surface area (Å²) in [4.78, 5) is 3.87. The number of hydrogen-bond donors (Lipinski definition) is 0. The van der Waals surface area contributed by atoms with Crippen LogP contribution in [0.4, 0.5) is 0 Å². The normalized spacial score (nSPS) is 23.8. The molecule has 2 nitrogen and oxygen atoms in total. The van der Waals surface area contributed by atoms with Gasteiger partial charge in [-0.3, -0.25) is 4.48 Å². The lowest BCUT2D eigenvalue weighted by Gasteiger charge is -2.20. The Bertz CT molecular complexity index is 133. The van der Waals surface area contributed by atoms with Gasteiger partial charge in [0.05, 0.1) is 14.1 Å². The van der Waals surface area contributed by atoms with Crippen LogP contribution in [0.15, 0.2) is 17.3 Å². The monoisotopic (exact) mass is 110 g/mol. The molecule has 0 saturated heterocycles. The zero-order chi connectivity index (χ0) is 6.04. The molecule has 0 aromatic heterocycles. The highest BCUT2D eigenvalue weighted by Crippen LogP contribution is 1.97. The molecule has 8 heavy (non-hydrogen) atoms. The molecule has 0 bridgehead atoms. The second kappa shape index (κ2) is 1.71. The van der Waals surface area contributed by atoms with Crippen LogP contribution < -0.4 is 0 Å². The van der Waals surface area contributed by atoms with Crippen LogP contribution in [0.25, 0.3) is 0 Å². The molecule has 0 atom stereocenters. The van der Waals surface area contributed by atoms with E-state index in [2.05, 4.69) is 25.4 Å². The van der Waals surface area contributed by atoms with E-state index in [4.69, 9.17) is 0 Å². The summed E-state index contributed by atoms with van der Waals surface area (Å²) in [5.41, 5.74) is 0. The second-order valence-electron chi connectivity index (χ2n) is 2.48. The van der Waals surface area contributed by atoms with Crippen molar-refractivity contribution in [1.82, 2.24) is 0 Å². The highest BCUT2D eigenvalue weighted by molar-refractivity contribution is 5.48. The first-order chi connectivity index (χ1) is 3.71. The Kier molecular flexibility index (Phi) is 1.18. The molecule has 0 amide bonds. The first-order valence-corrected chi connectivity index (χ1v) is 2.66. The van der Waals surface area contributed by atoms with E-state index >= 15 is 0 Å². The van der Waals surface area contributed by atoms with Crippen LogP contribution in [0.1, 0.15) is 0 Å². The third-order valence-corrected chi connectivity index (χ3v) is 1.07. The lowest BCUT2D eigenvalue weighted by Crippen LogP contribution is -2.38. The maximum atomic E-state index is 3.87. The van der Waals surface area contributed by atoms with E-state index in [-0.39, 0.29) is 0 Å². The van der Waals surface area contributed by atoms with Gasteiger partial charge in [-0.1, -0.05) is 0 Å². The Hall–Kier alpha value is -0.630. The SMILES string of the molecule is C[N+]1(C)[C]=NC=CC1. The zero-order valence-corrected chi connectivity index (χ0v) is 5.26. The molecule has 1 radical (unpaired) electrons. The van der Waals surface area contributed by atoms with Crippen molar-refractivity contribution in [2.45, 2.75) is 0 Å². The standard InChI is InChI=1S/C6H10N2/c1-8(2)5-3-4-7-6-8/h3-4H,5H2,1-2H3/q+1. The average Bonchev–Trinajstić information content (AvgIpc) is 1.65. The van der Waals surface area contributed by atoms with Crippen molar-refractivity contribution in [3.63, 3.8) is 0 Å². The number of rotatable bonds is 0. The highest BCUT2D eigenvalue weighted by atomic mass is 15.3. The van der Waals surface area contributed by atoms with Crippen LogP contribution in [0.5, 0.6) is 0 Å². The Labute approximate surface area is 49.7 Å². The average molecular weight is 110 g/mol. The van der Waals surface area contributed by atoms with E-state index in [0.29, 0.717) is 0 Å². The van der Waals surface area contributed by atoms with Crippen LogP contribution >= 0.6 is 0 Å². The number of aliphatic imine (C=N–C) groups is 1. The van der Waals surface area contributed by atoms with Crippen LogP contribution in [0.3, 0.4) is 0 Å². The predicted octanol–water partition coefficient (Wildman–Crippen LogP) is 0.495. The van der Waals surface area contributed by atoms with E-state index in [1.54, 1.807) is 6.20 Å². The third kappa shape index (κ3) is 1.17. The predicted molar refractivity (Wildman–Crippen MR) is 33.6 cm³/mol. The lowest BCUT2D eigenvalue weighted by atomic mass is 10.4. The minimum absolute atomic E-state index is 0.747.